The van der Waals surface area contributed by atoms with Gasteiger partial charge in [-0.05, 0) is 38.4 Å². The van der Waals surface area contributed by atoms with Gasteiger partial charge in [0.25, 0.3) is 0 Å². The number of benzene rings is 1. The van der Waals surface area contributed by atoms with Crippen LogP contribution in [0.2, 0.25) is 0 Å². The third-order valence-electron chi connectivity index (χ3n) is 3.86. The van der Waals surface area contributed by atoms with E-state index in [0.717, 1.165) is 17.4 Å². The van der Waals surface area contributed by atoms with Crippen LogP contribution in [0.4, 0.5) is 0 Å². The lowest BCUT2D eigenvalue weighted by Crippen LogP contribution is -2.46. The molecule has 5 heteroatoms. The summed E-state index contributed by atoms with van der Waals surface area (Å²) in [6, 6.07) is 6.99. The van der Waals surface area contributed by atoms with Crippen molar-refractivity contribution >= 4 is 27.7 Å². The molecule has 0 aliphatic carbocycles. The van der Waals surface area contributed by atoms with Gasteiger partial charge in [0.15, 0.2) is 5.78 Å². The number of carboxylic acids is 1. The molecule has 0 bridgehead atoms. The number of carbonyl (C=O) groups excluding carboxylic acids is 1. The number of halogens is 1. The maximum atomic E-state index is 12.4. The van der Waals surface area contributed by atoms with Gasteiger partial charge in [0.1, 0.15) is 0 Å². The fourth-order valence-corrected chi connectivity index (χ4v) is 2.85. The minimum absolute atomic E-state index is 0.0449. The van der Waals surface area contributed by atoms with E-state index in [1.54, 1.807) is 12.1 Å². The van der Waals surface area contributed by atoms with Crippen molar-refractivity contribution in [2.45, 2.75) is 25.8 Å². The molecular formula is C15H18BrNO3. The van der Waals surface area contributed by atoms with Crippen molar-refractivity contribution in [2.24, 2.45) is 5.92 Å². The third kappa shape index (κ3) is 3.46. The van der Waals surface area contributed by atoms with Crippen molar-refractivity contribution in [3.05, 3.63) is 34.3 Å². The number of ketones is 1. The largest absolute Gasteiger partial charge is 0.481 e. The summed E-state index contributed by atoms with van der Waals surface area (Å²) in [5, 5.41) is 9.11. The lowest BCUT2D eigenvalue weighted by Gasteiger charge is -2.34. The molecular weight excluding hydrogens is 322 g/mol. The van der Waals surface area contributed by atoms with Crippen molar-refractivity contribution in [1.82, 2.24) is 4.90 Å². The normalized spacial score (nSPS) is 21.4. The third-order valence-corrected chi connectivity index (χ3v) is 4.39. The number of piperidine rings is 1. The van der Waals surface area contributed by atoms with Crippen LogP contribution in [0.5, 0.6) is 0 Å². The molecule has 1 aliphatic rings. The minimum atomic E-state index is -0.766. The predicted octanol–water partition coefficient (Wildman–Crippen LogP) is 2.82. The zero-order chi connectivity index (χ0) is 14.7. The van der Waals surface area contributed by atoms with E-state index < -0.39 is 5.97 Å². The van der Waals surface area contributed by atoms with Crippen LogP contribution >= 0.6 is 15.9 Å². The zero-order valence-electron chi connectivity index (χ0n) is 11.4. The monoisotopic (exact) mass is 339 g/mol. The summed E-state index contributed by atoms with van der Waals surface area (Å²) in [6.45, 7) is 3.10. The lowest BCUT2D eigenvalue weighted by molar-refractivity contribution is -0.143. The van der Waals surface area contributed by atoms with E-state index in [-0.39, 0.29) is 17.7 Å². The van der Waals surface area contributed by atoms with Gasteiger partial charge in [-0.1, -0.05) is 28.1 Å². The quantitative estimate of drug-likeness (QED) is 0.857. The second kappa shape index (κ2) is 6.50. The Balaban J connectivity index is 2.06. The standard InChI is InChI=1S/C15H18BrNO3/c1-10(14(18)11-4-6-13(16)7-5-11)17-8-2-3-12(9-17)15(19)20/h4-7,10,12H,2-3,8-9H2,1H3,(H,19,20). The SMILES string of the molecule is CC(C(=O)c1ccc(Br)cc1)N1CCCC(C(=O)O)C1. The van der Waals surface area contributed by atoms with Crippen LogP contribution in [0.25, 0.3) is 0 Å². The Morgan fingerprint density at radius 3 is 2.60 bits per heavy atom. The van der Waals surface area contributed by atoms with Crippen molar-refractivity contribution < 1.29 is 14.7 Å². The van der Waals surface area contributed by atoms with Gasteiger partial charge in [-0.2, -0.15) is 0 Å². The lowest BCUT2D eigenvalue weighted by atomic mass is 9.95. The molecule has 4 nitrogen and oxygen atoms in total. The first-order valence-corrected chi connectivity index (χ1v) is 7.55. The van der Waals surface area contributed by atoms with E-state index in [2.05, 4.69) is 15.9 Å². The van der Waals surface area contributed by atoms with Crippen LogP contribution < -0.4 is 0 Å². The van der Waals surface area contributed by atoms with Crippen LogP contribution in [-0.2, 0) is 4.79 Å². The summed E-state index contributed by atoms with van der Waals surface area (Å²) in [7, 11) is 0. The molecule has 2 atom stereocenters. The van der Waals surface area contributed by atoms with Gasteiger partial charge < -0.3 is 5.11 Å². The zero-order valence-corrected chi connectivity index (χ0v) is 13.0. The molecule has 1 aliphatic heterocycles. The maximum absolute atomic E-state index is 12.4. The molecule has 1 saturated heterocycles. The molecule has 2 unspecified atom stereocenters. The molecule has 0 amide bonds. The van der Waals surface area contributed by atoms with Crippen molar-refractivity contribution in [1.29, 1.82) is 0 Å². The van der Waals surface area contributed by atoms with E-state index in [0.29, 0.717) is 18.5 Å². The number of likely N-dealkylation sites (tertiary alicyclic amines) is 1. The highest BCUT2D eigenvalue weighted by molar-refractivity contribution is 9.10. The number of nitrogens with zero attached hydrogens (tertiary/aromatic N) is 1. The average molecular weight is 340 g/mol. The first kappa shape index (κ1) is 15.2. The molecule has 1 aromatic rings. The minimum Gasteiger partial charge on any atom is -0.481 e. The van der Waals surface area contributed by atoms with Gasteiger partial charge in [-0.15, -0.1) is 0 Å². The van der Waals surface area contributed by atoms with Crippen LogP contribution in [-0.4, -0.2) is 40.9 Å². The van der Waals surface area contributed by atoms with Gasteiger partial charge in [0.05, 0.1) is 12.0 Å². The molecule has 108 valence electrons. The number of carbonyl (C=O) groups is 2. The number of hydrogen-bond acceptors (Lipinski definition) is 3. The van der Waals surface area contributed by atoms with Crippen LogP contribution in [0.1, 0.15) is 30.1 Å². The summed E-state index contributed by atoms with van der Waals surface area (Å²) in [5.41, 5.74) is 0.665. The van der Waals surface area contributed by atoms with Gasteiger partial charge in [0.2, 0.25) is 0 Å². The molecule has 1 fully saturated rings. The van der Waals surface area contributed by atoms with Gasteiger partial charge in [-0.3, -0.25) is 14.5 Å². The molecule has 1 heterocycles. The molecule has 0 radical (unpaired) electrons. The highest BCUT2D eigenvalue weighted by Crippen LogP contribution is 2.21. The molecule has 1 N–H and O–H groups in total. The smallest absolute Gasteiger partial charge is 0.307 e. The van der Waals surface area contributed by atoms with Gasteiger partial charge in [-0.25, -0.2) is 0 Å². The number of aliphatic carboxylic acids is 1. The van der Waals surface area contributed by atoms with E-state index in [4.69, 9.17) is 5.11 Å². The summed E-state index contributed by atoms with van der Waals surface area (Å²) >= 11 is 3.35. The molecule has 2 rings (SSSR count). The van der Waals surface area contributed by atoms with Gasteiger partial charge >= 0.3 is 5.97 Å². The molecule has 1 aromatic carbocycles. The topological polar surface area (TPSA) is 57.6 Å². The highest BCUT2D eigenvalue weighted by atomic mass is 79.9. The fraction of sp³-hybridized carbons (Fsp3) is 0.467. The molecule has 0 saturated carbocycles. The Bertz CT molecular complexity index is 500. The highest BCUT2D eigenvalue weighted by Gasteiger charge is 2.30. The number of rotatable bonds is 4. The first-order valence-electron chi connectivity index (χ1n) is 6.75. The second-order valence-corrected chi connectivity index (χ2v) is 6.14. The van der Waals surface area contributed by atoms with Crippen LogP contribution in [0.15, 0.2) is 28.7 Å². The Morgan fingerprint density at radius 1 is 1.35 bits per heavy atom. The average Bonchev–Trinajstić information content (AvgIpc) is 2.46. The number of Topliss-reactive ketones (excluding diaryl/α,β-unsaturated/α-hetero) is 1. The summed E-state index contributed by atoms with van der Waals surface area (Å²) in [4.78, 5) is 25.5. The Morgan fingerprint density at radius 2 is 2.00 bits per heavy atom. The van der Waals surface area contributed by atoms with Crippen molar-refractivity contribution in [3.63, 3.8) is 0 Å². The van der Waals surface area contributed by atoms with Crippen LogP contribution in [0, 0.1) is 5.92 Å². The summed E-state index contributed by atoms with van der Waals surface area (Å²) < 4.78 is 0.936. The van der Waals surface area contributed by atoms with Crippen LogP contribution in [0.3, 0.4) is 0 Å². The molecule has 0 aromatic heterocycles. The van der Waals surface area contributed by atoms with E-state index in [1.807, 2.05) is 24.0 Å². The Labute approximate surface area is 126 Å². The van der Waals surface area contributed by atoms with E-state index in [9.17, 15) is 9.59 Å². The number of hydrogen-bond donors (Lipinski definition) is 1. The Kier molecular flexibility index (Phi) is 4.94. The van der Waals surface area contributed by atoms with Gasteiger partial charge in [0, 0.05) is 16.6 Å². The molecule has 0 spiro atoms. The second-order valence-electron chi connectivity index (χ2n) is 5.22. The van der Waals surface area contributed by atoms with E-state index in [1.165, 1.54) is 0 Å². The summed E-state index contributed by atoms with van der Waals surface area (Å²) in [5.74, 6) is -1.08. The number of carboxylic acid groups (broad SMARTS) is 1. The maximum Gasteiger partial charge on any atom is 0.307 e. The first-order chi connectivity index (χ1) is 9.49. The predicted molar refractivity (Wildman–Crippen MR) is 79.9 cm³/mol. The van der Waals surface area contributed by atoms with Crippen molar-refractivity contribution in [3.8, 4) is 0 Å². The fourth-order valence-electron chi connectivity index (χ4n) is 2.58. The van der Waals surface area contributed by atoms with E-state index >= 15 is 0 Å². The Hall–Kier alpha value is -1.20. The summed E-state index contributed by atoms with van der Waals surface area (Å²) in [6.07, 6.45) is 1.53. The van der Waals surface area contributed by atoms with Crippen molar-refractivity contribution in [2.75, 3.05) is 13.1 Å². The molecule has 20 heavy (non-hydrogen) atoms.